The molecule has 4 nitrogen and oxygen atoms in total. The molecule has 4 rings (SSSR count). The van der Waals surface area contributed by atoms with E-state index in [0.29, 0.717) is 5.78 Å². The zero-order chi connectivity index (χ0) is 18.8. The molecule has 1 aliphatic carbocycles. The quantitative estimate of drug-likeness (QED) is 0.784. The van der Waals surface area contributed by atoms with Crippen molar-refractivity contribution in [3.63, 3.8) is 0 Å². The summed E-state index contributed by atoms with van der Waals surface area (Å²) < 4.78 is 5.52. The van der Waals surface area contributed by atoms with Gasteiger partial charge in [0.1, 0.15) is 5.75 Å². The lowest BCUT2D eigenvalue weighted by Crippen LogP contribution is -2.47. The van der Waals surface area contributed by atoms with Crippen LogP contribution in [-0.4, -0.2) is 44.0 Å². The highest BCUT2D eigenvalue weighted by Gasteiger charge is 2.32. The number of ketones is 1. The molecule has 1 N–H and O–H groups in total. The molecule has 1 saturated carbocycles. The maximum absolute atomic E-state index is 13.2. The summed E-state index contributed by atoms with van der Waals surface area (Å²) in [5.74, 6) is 1.35. The smallest absolute Gasteiger partial charge is 0.167 e. The van der Waals surface area contributed by atoms with E-state index in [4.69, 9.17) is 4.74 Å². The standard InChI is InChI=1S/C23H30N2O2/c1-24-14-21-20-10-8-17(13-16(20)9-11-22(21)27-2)23(26)18-5-4-12-25(15-18)19-6-3-7-19/h8-11,13,18-19,24H,3-7,12,14-15H2,1-2H3/t18-/m1/s1. The monoisotopic (exact) mass is 366 g/mol. The molecule has 2 aliphatic rings. The zero-order valence-electron chi connectivity index (χ0n) is 16.5. The second-order valence-corrected chi connectivity index (χ2v) is 8.00. The van der Waals surface area contributed by atoms with Gasteiger partial charge >= 0.3 is 0 Å². The van der Waals surface area contributed by atoms with E-state index >= 15 is 0 Å². The molecule has 0 amide bonds. The van der Waals surface area contributed by atoms with Gasteiger partial charge in [0.2, 0.25) is 0 Å². The average Bonchev–Trinajstić information content (AvgIpc) is 2.66. The van der Waals surface area contributed by atoms with Gasteiger partial charge in [-0.1, -0.05) is 24.6 Å². The number of nitrogens with zero attached hydrogens (tertiary/aromatic N) is 1. The number of piperidine rings is 1. The number of nitrogens with one attached hydrogen (secondary N) is 1. The van der Waals surface area contributed by atoms with E-state index in [-0.39, 0.29) is 5.92 Å². The van der Waals surface area contributed by atoms with Crippen molar-refractivity contribution in [2.75, 3.05) is 27.2 Å². The van der Waals surface area contributed by atoms with E-state index < -0.39 is 0 Å². The highest BCUT2D eigenvalue weighted by atomic mass is 16.5. The van der Waals surface area contributed by atoms with E-state index in [0.717, 1.165) is 59.6 Å². The highest BCUT2D eigenvalue weighted by molar-refractivity contribution is 6.02. The number of carbonyl (C=O) groups is 1. The topological polar surface area (TPSA) is 41.6 Å². The van der Waals surface area contributed by atoms with Crippen LogP contribution in [0, 0.1) is 5.92 Å². The van der Waals surface area contributed by atoms with Crippen molar-refractivity contribution in [2.45, 2.75) is 44.7 Å². The molecule has 0 radical (unpaired) electrons. The van der Waals surface area contributed by atoms with Gasteiger partial charge in [0, 0.05) is 36.2 Å². The number of benzene rings is 2. The summed E-state index contributed by atoms with van der Waals surface area (Å²) in [5.41, 5.74) is 1.99. The van der Waals surface area contributed by atoms with Crippen LogP contribution >= 0.6 is 0 Å². The molecular formula is C23H30N2O2. The van der Waals surface area contributed by atoms with Gasteiger partial charge in [-0.3, -0.25) is 9.69 Å². The predicted octanol–water partition coefficient (Wildman–Crippen LogP) is 4.02. The van der Waals surface area contributed by atoms with Crippen molar-refractivity contribution >= 4 is 16.6 Å². The van der Waals surface area contributed by atoms with Crippen molar-refractivity contribution in [2.24, 2.45) is 5.92 Å². The normalized spacial score (nSPS) is 21.2. The Labute approximate surface area is 161 Å². The Hall–Kier alpha value is -1.91. The minimum absolute atomic E-state index is 0.145. The zero-order valence-corrected chi connectivity index (χ0v) is 16.5. The van der Waals surface area contributed by atoms with Crippen LogP contribution in [0.5, 0.6) is 5.75 Å². The van der Waals surface area contributed by atoms with Crippen molar-refractivity contribution in [1.29, 1.82) is 0 Å². The maximum Gasteiger partial charge on any atom is 0.167 e. The Morgan fingerprint density at radius 3 is 2.74 bits per heavy atom. The lowest BCUT2D eigenvalue weighted by Gasteiger charge is -2.42. The van der Waals surface area contributed by atoms with E-state index in [2.05, 4.69) is 28.4 Å². The number of hydrogen-bond acceptors (Lipinski definition) is 4. The lowest BCUT2D eigenvalue weighted by atomic mass is 9.85. The number of Topliss-reactive ketones (excluding diaryl/α,β-unsaturated/α-hetero) is 1. The highest BCUT2D eigenvalue weighted by Crippen LogP contribution is 2.32. The number of rotatable bonds is 6. The van der Waals surface area contributed by atoms with Gasteiger partial charge in [-0.25, -0.2) is 0 Å². The van der Waals surface area contributed by atoms with Gasteiger partial charge in [0.15, 0.2) is 5.78 Å². The van der Waals surface area contributed by atoms with Crippen LogP contribution in [0.15, 0.2) is 30.3 Å². The Bertz CT molecular complexity index is 828. The number of fused-ring (bicyclic) bond motifs is 1. The van der Waals surface area contributed by atoms with Crippen LogP contribution in [0.4, 0.5) is 0 Å². The molecule has 2 fully saturated rings. The van der Waals surface area contributed by atoms with Crippen molar-refractivity contribution in [1.82, 2.24) is 10.2 Å². The molecule has 144 valence electrons. The Balaban J connectivity index is 1.58. The first-order valence-electron chi connectivity index (χ1n) is 10.2. The number of methoxy groups -OCH3 is 1. The van der Waals surface area contributed by atoms with Crippen LogP contribution in [0.3, 0.4) is 0 Å². The third-order valence-corrected chi connectivity index (χ3v) is 6.36. The first-order chi connectivity index (χ1) is 13.2. The average molecular weight is 367 g/mol. The van der Waals surface area contributed by atoms with Gasteiger partial charge in [0.05, 0.1) is 7.11 Å². The summed E-state index contributed by atoms with van der Waals surface area (Å²) in [6, 6.07) is 11.0. The van der Waals surface area contributed by atoms with E-state index in [9.17, 15) is 4.79 Å². The fourth-order valence-electron chi connectivity index (χ4n) is 4.62. The second-order valence-electron chi connectivity index (χ2n) is 8.00. The summed E-state index contributed by atoms with van der Waals surface area (Å²) in [6.45, 7) is 2.85. The number of likely N-dealkylation sites (tertiary alicyclic amines) is 1. The number of carbonyl (C=O) groups excluding carboxylic acids is 1. The van der Waals surface area contributed by atoms with Crippen molar-refractivity contribution < 1.29 is 9.53 Å². The lowest BCUT2D eigenvalue weighted by molar-refractivity contribution is 0.0612. The van der Waals surface area contributed by atoms with Gasteiger partial charge in [0.25, 0.3) is 0 Å². The summed E-state index contributed by atoms with van der Waals surface area (Å²) in [7, 11) is 3.64. The molecule has 0 aromatic heterocycles. The van der Waals surface area contributed by atoms with Gasteiger partial charge < -0.3 is 10.1 Å². The Kier molecular flexibility index (Phi) is 5.46. The molecule has 1 atom stereocenters. The number of ether oxygens (including phenoxy) is 1. The molecule has 1 aliphatic heterocycles. The van der Waals surface area contributed by atoms with E-state index in [1.165, 1.54) is 25.8 Å². The van der Waals surface area contributed by atoms with E-state index in [1.54, 1.807) is 7.11 Å². The van der Waals surface area contributed by atoms with E-state index in [1.807, 2.05) is 19.2 Å². The van der Waals surface area contributed by atoms with Gasteiger partial charge in [-0.2, -0.15) is 0 Å². The summed E-state index contributed by atoms with van der Waals surface area (Å²) >= 11 is 0. The molecule has 0 bridgehead atoms. The molecular weight excluding hydrogens is 336 g/mol. The SMILES string of the molecule is CNCc1c(OC)ccc2cc(C(=O)[C@@H]3CCCN(C4CCC4)C3)ccc12. The van der Waals surface area contributed by atoms with Crippen LogP contribution in [0.1, 0.15) is 48.0 Å². The molecule has 1 saturated heterocycles. The predicted molar refractivity (Wildman–Crippen MR) is 110 cm³/mol. The van der Waals surface area contributed by atoms with Crippen molar-refractivity contribution in [3.05, 3.63) is 41.5 Å². The molecule has 1 heterocycles. The van der Waals surface area contributed by atoms with Crippen molar-refractivity contribution in [3.8, 4) is 5.75 Å². The van der Waals surface area contributed by atoms with Crippen LogP contribution in [0.2, 0.25) is 0 Å². The third kappa shape index (κ3) is 3.61. The molecule has 2 aromatic rings. The van der Waals surface area contributed by atoms with Gasteiger partial charge in [-0.15, -0.1) is 0 Å². The molecule has 0 spiro atoms. The number of hydrogen-bond donors (Lipinski definition) is 1. The van der Waals surface area contributed by atoms with Crippen LogP contribution in [-0.2, 0) is 6.54 Å². The molecule has 2 aromatic carbocycles. The molecule has 27 heavy (non-hydrogen) atoms. The third-order valence-electron chi connectivity index (χ3n) is 6.36. The Morgan fingerprint density at radius 1 is 1.19 bits per heavy atom. The first-order valence-corrected chi connectivity index (χ1v) is 10.2. The second kappa shape index (κ2) is 7.99. The largest absolute Gasteiger partial charge is 0.496 e. The van der Waals surface area contributed by atoms with Gasteiger partial charge in [-0.05, 0) is 62.2 Å². The minimum atomic E-state index is 0.145. The fraction of sp³-hybridized carbons (Fsp3) is 0.522. The Morgan fingerprint density at radius 2 is 2.04 bits per heavy atom. The summed E-state index contributed by atoms with van der Waals surface area (Å²) in [5, 5.41) is 5.48. The van der Waals surface area contributed by atoms with Crippen LogP contribution in [0.25, 0.3) is 10.8 Å². The maximum atomic E-state index is 13.2. The molecule has 0 unspecified atom stereocenters. The minimum Gasteiger partial charge on any atom is -0.496 e. The summed E-state index contributed by atoms with van der Waals surface area (Å²) in [4.78, 5) is 15.7. The fourth-order valence-corrected chi connectivity index (χ4v) is 4.62. The molecule has 4 heteroatoms. The van der Waals surface area contributed by atoms with Crippen LogP contribution < -0.4 is 10.1 Å². The summed E-state index contributed by atoms with van der Waals surface area (Å²) in [6.07, 6.45) is 6.14. The first kappa shape index (κ1) is 18.5.